The van der Waals surface area contributed by atoms with Gasteiger partial charge in [0.15, 0.2) is 5.76 Å². The van der Waals surface area contributed by atoms with Crippen LogP contribution in [0, 0.1) is 5.92 Å². The third-order valence-electron chi connectivity index (χ3n) is 5.15. The molecule has 0 radical (unpaired) electrons. The van der Waals surface area contributed by atoms with E-state index in [1.54, 1.807) is 6.92 Å². The van der Waals surface area contributed by atoms with Crippen molar-refractivity contribution in [1.29, 1.82) is 0 Å². The van der Waals surface area contributed by atoms with E-state index in [1.165, 1.54) is 12.1 Å². The predicted molar refractivity (Wildman–Crippen MR) is 118 cm³/mol. The number of carboxylic acid groups (broad SMARTS) is 2. The molecule has 0 aliphatic carbocycles. The van der Waals surface area contributed by atoms with Crippen LogP contribution in [0.25, 0.3) is 11.1 Å². The molecule has 0 saturated heterocycles. The second kappa shape index (κ2) is 10.4. The quantitative estimate of drug-likeness (QED) is 0.443. The number of nitrogens with one attached hydrogen (secondary N) is 1. The van der Waals surface area contributed by atoms with Gasteiger partial charge in [0.05, 0.1) is 5.92 Å². The van der Waals surface area contributed by atoms with E-state index in [2.05, 4.69) is 5.32 Å². The van der Waals surface area contributed by atoms with Crippen LogP contribution < -0.4 is 5.32 Å². The van der Waals surface area contributed by atoms with Gasteiger partial charge in [-0.3, -0.25) is 14.4 Å². The summed E-state index contributed by atoms with van der Waals surface area (Å²) in [5.74, 6) is -2.99. The highest BCUT2D eigenvalue weighted by molar-refractivity contribution is 5.91. The second-order valence-corrected chi connectivity index (χ2v) is 7.75. The van der Waals surface area contributed by atoms with Gasteiger partial charge in [0.2, 0.25) is 0 Å². The van der Waals surface area contributed by atoms with Gasteiger partial charge in [-0.2, -0.15) is 0 Å². The molecule has 0 saturated carbocycles. The second-order valence-electron chi connectivity index (χ2n) is 7.75. The largest absolute Gasteiger partial charge is 0.481 e. The van der Waals surface area contributed by atoms with Gasteiger partial charge in [0.1, 0.15) is 12.2 Å². The van der Waals surface area contributed by atoms with Crippen LogP contribution in [-0.2, 0) is 22.4 Å². The number of carboxylic acids is 2. The predicted octanol–water partition coefficient (Wildman–Crippen LogP) is 4.03. The van der Waals surface area contributed by atoms with Crippen molar-refractivity contribution in [2.45, 2.75) is 32.2 Å². The lowest BCUT2D eigenvalue weighted by molar-refractivity contribution is -0.141. The third kappa shape index (κ3) is 6.31. The van der Waals surface area contributed by atoms with Gasteiger partial charge in [0.25, 0.3) is 5.91 Å². The molecule has 2 atom stereocenters. The molecule has 0 aliphatic heterocycles. The average Bonchev–Trinajstić information content (AvgIpc) is 3.22. The third-order valence-corrected chi connectivity index (χ3v) is 5.15. The van der Waals surface area contributed by atoms with Crippen LogP contribution in [0.3, 0.4) is 0 Å². The zero-order valence-electron chi connectivity index (χ0n) is 17.7. The van der Waals surface area contributed by atoms with Gasteiger partial charge in [-0.1, -0.05) is 61.5 Å². The molecular weight excluding hydrogens is 410 g/mol. The molecule has 3 aromatic rings. The fourth-order valence-electron chi connectivity index (χ4n) is 3.47. The molecule has 7 heteroatoms. The van der Waals surface area contributed by atoms with Crippen molar-refractivity contribution in [2.75, 3.05) is 0 Å². The van der Waals surface area contributed by atoms with Gasteiger partial charge in [0, 0.05) is 6.04 Å². The van der Waals surface area contributed by atoms with Crippen molar-refractivity contribution >= 4 is 17.8 Å². The van der Waals surface area contributed by atoms with Crippen molar-refractivity contribution in [3.8, 4) is 11.1 Å². The topological polar surface area (TPSA) is 117 Å². The molecule has 2 aromatic carbocycles. The van der Waals surface area contributed by atoms with Crippen molar-refractivity contribution in [2.24, 2.45) is 5.92 Å². The van der Waals surface area contributed by atoms with Crippen LogP contribution in [0.1, 0.15) is 35.2 Å². The van der Waals surface area contributed by atoms with E-state index < -0.39 is 29.8 Å². The normalized spacial score (nSPS) is 12.7. The van der Waals surface area contributed by atoms with Gasteiger partial charge in [-0.05, 0) is 41.7 Å². The Morgan fingerprint density at radius 2 is 1.56 bits per heavy atom. The first-order chi connectivity index (χ1) is 15.3. The molecule has 1 heterocycles. The van der Waals surface area contributed by atoms with Crippen LogP contribution >= 0.6 is 0 Å². The average molecular weight is 435 g/mol. The summed E-state index contributed by atoms with van der Waals surface area (Å²) in [4.78, 5) is 34.8. The molecule has 1 unspecified atom stereocenters. The number of hydrogen-bond donors (Lipinski definition) is 3. The summed E-state index contributed by atoms with van der Waals surface area (Å²) in [6.07, 6.45) is 0.367. The molecule has 32 heavy (non-hydrogen) atoms. The number of benzene rings is 2. The fourth-order valence-corrected chi connectivity index (χ4v) is 3.47. The first-order valence-corrected chi connectivity index (χ1v) is 10.3. The zero-order valence-corrected chi connectivity index (χ0v) is 17.7. The molecule has 1 amide bonds. The molecule has 7 nitrogen and oxygen atoms in total. The fraction of sp³-hybridized carbons (Fsp3) is 0.240. The minimum Gasteiger partial charge on any atom is -0.481 e. The highest BCUT2D eigenvalue weighted by Gasteiger charge is 2.22. The minimum absolute atomic E-state index is 0.00588. The molecule has 166 valence electrons. The Labute approximate surface area is 185 Å². The van der Waals surface area contributed by atoms with E-state index in [4.69, 9.17) is 9.52 Å². The maximum Gasteiger partial charge on any atom is 0.311 e. The van der Waals surface area contributed by atoms with E-state index in [9.17, 15) is 19.5 Å². The maximum absolute atomic E-state index is 12.6. The van der Waals surface area contributed by atoms with E-state index in [1.807, 2.05) is 54.6 Å². The van der Waals surface area contributed by atoms with Crippen molar-refractivity contribution in [1.82, 2.24) is 5.32 Å². The van der Waals surface area contributed by atoms with Crippen LogP contribution in [0.15, 0.2) is 71.1 Å². The Bertz CT molecular complexity index is 1070. The highest BCUT2D eigenvalue weighted by atomic mass is 16.4. The molecule has 0 fully saturated rings. The molecule has 0 aliphatic rings. The Morgan fingerprint density at radius 3 is 2.19 bits per heavy atom. The minimum atomic E-state index is -1.06. The first-order valence-electron chi connectivity index (χ1n) is 10.3. The number of amides is 1. The van der Waals surface area contributed by atoms with Crippen LogP contribution in [0.4, 0.5) is 0 Å². The first kappa shape index (κ1) is 22.8. The van der Waals surface area contributed by atoms with E-state index >= 15 is 0 Å². The number of aliphatic carboxylic acids is 2. The van der Waals surface area contributed by atoms with E-state index in [0.29, 0.717) is 6.42 Å². The van der Waals surface area contributed by atoms with Gasteiger partial charge >= 0.3 is 11.9 Å². The lowest BCUT2D eigenvalue weighted by atomic mass is 9.95. The molecule has 3 rings (SSSR count). The molecule has 0 bridgehead atoms. The monoisotopic (exact) mass is 435 g/mol. The number of carbonyl (C=O) groups excluding carboxylic acids is 1. The molecule has 1 aromatic heterocycles. The molecule has 3 N–H and O–H groups in total. The van der Waals surface area contributed by atoms with Crippen LogP contribution in [-0.4, -0.2) is 34.1 Å². The molecular formula is C25H25NO6. The van der Waals surface area contributed by atoms with E-state index in [0.717, 1.165) is 16.7 Å². The Balaban J connectivity index is 1.72. The van der Waals surface area contributed by atoms with Crippen molar-refractivity contribution in [3.05, 3.63) is 83.8 Å². The highest BCUT2D eigenvalue weighted by Crippen LogP contribution is 2.21. The van der Waals surface area contributed by atoms with Crippen molar-refractivity contribution in [3.63, 3.8) is 0 Å². The Kier molecular flexibility index (Phi) is 7.44. The Morgan fingerprint density at radius 1 is 0.906 bits per heavy atom. The maximum atomic E-state index is 12.6. The Hall–Kier alpha value is -3.87. The summed E-state index contributed by atoms with van der Waals surface area (Å²) in [5.41, 5.74) is 3.12. The van der Waals surface area contributed by atoms with Crippen molar-refractivity contribution < 1.29 is 29.0 Å². The summed E-state index contributed by atoms with van der Waals surface area (Å²) in [6.45, 7) is 1.60. The van der Waals surface area contributed by atoms with E-state index in [-0.39, 0.29) is 24.4 Å². The molecule has 0 spiro atoms. The van der Waals surface area contributed by atoms with Crippen LogP contribution in [0.2, 0.25) is 0 Å². The van der Waals surface area contributed by atoms with Crippen LogP contribution in [0.5, 0.6) is 0 Å². The summed E-state index contributed by atoms with van der Waals surface area (Å²) >= 11 is 0. The smallest absolute Gasteiger partial charge is 0.311 e. The summed E-state index contributed by atoms with van der Waals surface area (Å²) < 4.78 is 5.32. The van der Waals surface area contributed by atoms with Gasteiger partial charge in [-0.15, -0.1) is 0 Å². The lowest BCUT2D eigenvalue weighted by Crippen LogP contribution is -2.38. The summed E-state index contributed by atoms with van der Waals surface area (Å²) in [7, 11) is 0. The number of rotatable bonds is 10. The van der Waals surface area contributed by atoms with Gasteiger partial charge < -0.3 is 19.9 Å². The summed E-state index contributed by atoms with van der Waals surface area (Å²) in [6, 6.07) is 20.3. The zero-order chi connectivity index (χ0) is 23.1. The number of hydrogen-bond acceptors (Lipinski definition) is 4. The van der Waals surface area contributed by atoms with Gasteiger partial charge in [-0.25, -0.2) is 0 Å². The lowest BCUT2D eigenvalue weighted by Gasteiger charge is -2.20. The standard InChI is InChI=1S/C25H25NO6/c1-16(25(30)31)13-20(26-24(29)22-12-11-21(32-22)15-23(27)28)14-17-7-9-19(10-8-17)18-5-3-2-4-6-18/h2-12,16,20H,13-15H2,1H3,(H,26,29)(H,27,28)(H,30,31)/t16-,20?/m1/s1. The number of carbonyl (C=O) groups is 3. The SMILES string of the molecule is C[C@H](CC(Cc1ccc(-c2ccccc2)cc1)NC(=O)c1ccc(CC(=O)O)o1)C(=O)O. The summed E-state index contributed by atoms with van der Waals surface area (Å²) in [5, 5.41) is 21.0. The number of furan rings is 1.